The molecular weight excluding hydrogens is 210 g/mol. The van der Waals surface area contributed by atoms with Crippen LogP contribution in [-0.2, 0) is 11.2 Å². The average Bonchev–Trinajstić information content (AvgIpc) is 2.17. The summed E-state index contributed by atoms with van der Waals surface area (Å²) in [4.78, 5) is 11.9. The van der Waals surface area contributed by atoms with Crippen LogP contribution >= 0.6 is 11.6 Å². The first kappa shape index (κ1) is 12.2. The van der Waals surface area contributed by atoms with Crippen molar-refractivity contribution in [3.63, 3.8) is 0 Å². The number of halogens is 1. The molecule has 0 amide bonds. The number of benzene rings is 1. The lowest BCUT2D eigenvalue weighted by Gasteiger charge is -2.20. The molecule has 1 aromatic carbocycles. The zero-order valence-electron chi connectivity index (χ0n) is 9.09. The zero-order valence-corrected chi connectivity index (χ0v) is 9.84. The van der Waals surface area contributed by atoms with Gasteiger partial charge in [0.2, 0.25) is 0 Å². The number of nitrogens with two attached hydrogens (primary N) is 1. The van der Waals surface area contributed by atoms with Crippen molar-refractivity contribution in [2.75, 3.05) is 6.54 Å². The van der Waals surface area contributed by atoms with Crippen LogP contribution in [0.5, 0.6) is 0 Å². The van der Waals surface area contributed by atoms with Crippen LogP contribution in [0.1, 0.15) is 19.4 Å². The van der Waals surface area contributed by atoms with Crippen molar-refractivity contribution < 1.29 is 4.79 Å². The Morgan fingerprint density at radius 3 is 2.67 bits per heavy atom. The molecule has 0 saturated carbocycles. The molecule has 0 radical (unpaired) electrons. The van der Waals surface area contributed by atoms with Crippen molar-refractivity contribution >= 4 is 17.4 Å². The van der Waals surface area contributed by atoms with Crippen LogP contribution in [0.15, 0.2) is 24.3 Å². The predicted molar refractivity (Wildman–Crippen MR) is 63.0 cm³/mol. The number of rotatable bonds is 4. The molecule has 0 atom stereocenters. The first-order valence-corrected chi connectivity index (χ1v) is 5.31. The molecule has 2 nitrogen and oxygen atoms in total. The molecule has 0 aliphatic carbocycles. The van der Waals surface area contributed by atoms with Gasteiger partial charge in [-0.25, -0.2) is 0 Å². The molecule has 0 heterocycles. The molecule has 1 aromatic rings. The lowest BCUT2D eigenvalue weighted by atomic mass is 9.85. The Kier molecular flexibility index (Phi) is 3.89. The number of Topliss-reactive ketones (excluding diaryl/α,β-unsaturated/α-hetero) is 1. The minimum Gasteiger partial charge on any atom is -0.329 e. The summed E-state index contributed by atoms with van der Waals surface area (Å²) in [6.45, 7) is 4.09. The van der Waals surface area contributed by atoms with E-state index in [9.17, 15) is 4.79 Å². The Hall–Kier alpha value is -0.860. The summed E-state index contributed by atoms with van der Waals surface area (Å²) in [7, 11) is 0. The van der Waals surface area contributed by atoms with Crippen LogP contribution in [-0.4, -0.2) is 12.3 Å². The Balaban J connectivity index is 2.75. The van der Waals surface area contributed by atoms with Gasteiger partial charge in [-0.3, -0.25) is 4.79 Å². The monoisotopic (exact) mass is 225 g/mol. The Morgan fingerprint density at radius 2 is 2.13 bits per heavy atom. The molecule has 15 heavy (non-hydrogen) atoms. The van der Waals surface area contributed by atoms with E-state index in [2.05, 4.69) is 0 Å². The van der Waals surface area contributed by atoms with Gasteiger partial charge in [0, 0.05) is 23.4 Å². The summed E-state index contributed by atoms with van der Waals surface area (Å²) >= 11 is 5.84. The minimum absolute atomic E-state index is 0.146. The summed E-state index contributed by atoms with van der Waals surface area (Å²) < 4.78 is 0. The molecule has 82 valence electrons. The van der Waals surface area contributed by atoms with Crippen molar-refractivity contribution in [2.45, 2.75) is 20.3 Å². The molecule has 0 fully saturated rings. The first-order valence-electron chi connectivity index (χ1n) is 4.93. The third kappa shape index (κ3) is 3.33. The summed E-state index contributed by atoms with van der Waals surface area (Å²) in [5.74, 6) is 0.146. The topological polar surface area (TPSA) is 43.1 Å². The van der Waals surface area contributed by atoms with Crippen LogP contribution in [0.25, 0.3) is 0 Å². The van der Waals surface area contributed by atoms with E-state index in [1.807, 2.05) is 32.0 Å². The maximum Gasteiger partial charge on any atom is 0.144 e. The second kappa shape index (κ2) is 4.77. The lowest BCUT2D eigenvalue weighted by Crippen LogP contribution is -2.33. The first-order chi connectivity index (χ1) is 6.95. The van der Waals surface area contributed by atoms with Gasteiger partial charge in [-0.1, -0.05) is 37.6 Å². The van der Waals surface area contributed by atoms with E-state index in [0.29, 0.717) is 18.0 Å². The van der Waals surface area contributed by atoms with Crippen LogP contribution in [0.2, 0.25) is 5.02 Å². The highest BCUT2D eigenvalue weighted by molar-refractivity contribution is 6.30. The standard InChI is InChI=1S/C12H16ClNO/c1-12(2,8-14)11(15)7-9-4-3-5-10(13)6-9/h3-6H,7-8,14H2,1-2H3. The van der Waals surface area contributed by atoms with E-state index in [1.54, 1.807) is 6.07 Å². The molecule has 0 spiro atoms. The van der Waals surface area contributed by atoms with E-state index >= 15 is 0 Å². The van der Waals surface area contributed by atoms with Gasteiger partial charge in [-0.05, 0) is 17.7 Å². The fourth-order valence-corrected chi connectivity index (χ4v) is 1.40. The molecule has 2 N–H and O–H groups in total. The molecule has 0 saturated heterocycles. The quantitative estimate of drug-likeness (QED) is 0.856. The van der Waals surface area contributed by atoms with Crippen molar-refractivity contribution in [1.29, 1.82) is 0 Å². The summed E-state index contributed by atoms with van der Waals surface area (Å²) in [6, 6.07) is 7.35. The second-order valence-corrected chi connectivity index (χ2v) is 4.75. The Labute approximate surface area is 95.4 Å². The van der Waals surface area contributed by atoms with Crippen molar-refractivity contribution in [1.82, 2.24) is 0 Å². The van der Waals surface area contributed by atoms with Gasteiger partial charge in [0.15, 0.2) is 0 Å². The molecule has 3 heteroatoms. The van der Waals surface area contributed by atoms with E-state index in [4.69, 9.17) is 17.3 Å². The highest BCUT2D eigenvalue weighted by Crippen LogP contribution is 2.19. The SMILES string of the molecule is CC(C)(CN)C(=O)Cc1cccc(Cl)c1. The lowest BCUT2D eigenvalue weighted by molar-refractivity contribution is -0.125. The second-order valence-electron chi connectivity index (χ2n) is 4.32. The summed E-state index contributed by atoms with van der Waals surface area (Å²) in [5.41, 5.74) is 6.03. The number of hydrogen-bond acceptors (Lipinski definition) is 2. The number of carbonyl (C=O) groups excluding carboxylic acids is 1. The normalized spacial score (nSPS) is 11.5. The maximum absolute atomic E-state index is 11.9. The van der Waals surface area contributed by atoms with Gasteiger partial charge < -0.3 is 5.73 Å². The van der Waals surface area contributed by atoms with Crippen LogP contribution in [0, 0.1) is 5.41 Å². The van der Waals surface area contributed by atoms with Gasteiger partial charge in [0.05, 0.1) is 0 Å². The molecular formula is C12H16ClNO. The molecule has 0 aromatic heterocycles. The van der Waals surface area contributed by atoms with Gasteiger partial charge in [-0.15, -0.1) is 0 Å². The Bertz CT molecular complexity index is 360. The van der Waals surface area contributed by atoms with Gasteiger partial charge in [0.1, 0.15) is 5.78 Å². The third-order valence-electron chi connectivity index (χ3n) is 2.52. The van der Waals surface area contributed by atoms with Gasteiger partial charge in [0.25, 0.3) is 0 Å². The zero-order chi connectivity index (χ0) is 11.5. The molecule has 0 bridgehead atoms. The van der Waals surface area contributed by atoms with E-state index in [-0.39, 0.29) is 5.78 Å². The van der Waals surface area contributed by atoms with Gasteiger partial charge >= 0.3 is 0 Å². The van der Waals surface area contributed by atoms with E-state index < -0.39 is 5.41 Å². The molecule has 1 rings (SSSR count). The summed E-state index contributed by atoms with van der Waals surface area (Å²) in [6.07, 6.45) is 0.394. The smallest absolute Gasteiger partial charge is 0.144 e. The van der Waals surface area contributed by atoms with E-state index in [0.717, 1.165) is 5.56 Å². The highest BCUT2D eigenvalue weighted by atomic mass is 35.5. The van der Waals surface area contributed by atoms with Gasteiger partial charge in [-0.2, -0.15) is 0 Å². The van der Waals surface area contributed by atoms with Crippen molar-refractivity contribution in [2.24, 2.45) is 11.1 Å². The molecule has 0 aliphatic rings. The van der Waals surface area contributed by atoms with Crippen LogP contribution in [0.3, 0.4) is 0 Å². The maximum atomic E-state index is 11.9. The fourth-order valence-electron chi connectivity index (χ4n) is 1.19. The van der Waals surface area contributed by atoms with Crippen LogP contribution < -0.4 is 5.73 Å². The molecule has 0 aliphatic heterocycles. The number of hydrogen-bond donors (Lipinski definition) is 1. The predicted octanol–water partition coefficient (Wildman–Crippen LogP) is 2.44. The largest absolute Gasteiger partial charge is 0.329 e. The number of ketones is 1. The number of carbonyl (C=O) groups is 1. The highest BCUT2D eigenvalue weighted by Gasteiger charge is 2.25. The molecule has 0 unspecified atom stereocenters. The fraction of sp³-hybridized carbons (Fsp3) is 0.417. The minimum atomic E-state index is -0.456. The van der Waals surface area contributed by atoms with E-state index in [1.165, 1.54) is 0 Å². The third-order valence-corrected chi connectivity index (χ3v) is 2.75. The Morgan fingerprint density at radius 1 is 1.47 bits per heavy atom. The van der Waals surface area contributed by atoms with Crippen molar-refractivity contribution in [3.05, 3.63) is 34.9 Å². The van der Waals surface area contributed by atoms with Crippen molar-refractivity contribution in [3.8, 4) is 0 Å². The summed E-state index contributed by atoms with van der Waals surface area (Å²) in [5, 5.41) is 0.658. The van der Waals surface area contributed by atoms with Crippen LogP contribution in [0.4, 0.5) is 0 Å². The average molecular weight is 226 g/mol.